The highest BCUT2D eigenvalue weighted by Gasteiger charge is 2.20. The molecule has 2 N–H and O–H groups in total. The third-order valence-electron chi connectivity index (χ3n) is 5.45. The van der Waals surface area contributed by atoms with Crippen LogP contribution < -0.4 is 5.32 Å². The van der Waals surface area contributed by atoms with Crippen molar-refractivity contribution in [1.82, 2.24) is 30.0 Å². The molecule has 7 heteroatoms. The minimum absolute atomic E-state index is 0.681. The Hall–Kier alpha value is -2.80. The Morgan fingerprint density at radius 3 is 2.62 bits per heavy atom. The van der Waals surface area contributed by atoms with Gasteiger partial charge in [0.05, 0.1) is 0 Å². The smallest absolute Gasteiger partial charge is 0.153 e. The maximum absolute atomic E-state index is 4.78. The van der Waals surface area contributed by atoms with E-state index in [9.17, 15) is 0 Å². The molecule has 0 radical (unpaired) electrons. The van der Waals surface area contributed by atoms with Gasteiger partial charge in [-0.25, -0.2) is 15.0 Å². The summed E-state index contributed by atoms with van der Waals surface area (Å²) in [4.78, 5) is 16.1. The number of H-pyrrole nitrogens is 1. The van der Waals surface area contributed by atoms with E-state index in [1.54, 1.807) is 0 Å². The Morgan fingerprint density at radius 1 is 1.14 bits per heavy atom. The molecule has 3 aromatic heterocycles. The Morgan fingerprint density at radius 2 is 1.93 bits per heavy atom. The van der Waals surface area contributed by atoms with Crippen molar-refractivity contribution in [2.75, 3.05) is 18.4 Å². The summed E-state index contributed by atoms with van der Waals surface area (Å²) in [6, 6.07) is 8.16. The molecule has 0 spiro atoms. The van der Waals surface area contributed by atoms with E-state index in [1.807, 2.05) is 31.5 Å². The zero-order chi connectivity index (χ0) is 20.1. The maximum Gasteiger partial charge on any atom is 0.153 e. The van der Waals surface area contributed by atoms with Crippen LogP contribution in [-0.4, -0.2) is 43.1 Å². The van der Waals surface area contributed by atoms with Crippen LogP contribution >= 0.6 is 0 Å². The van der Waals surface area contributed by atoms with Gasteiger partial charge in [-0.2, -0.15) is 5.10 Å². The van der Waals surface area contributed by atoms with Gasteiger partial charge in [-0.3, -0.25) is 10.00 Å². The number of nitrogens with zero attached hydrogens (tertiary/aromatic N) is 5. The van der Waals surface area contributed by atoms with E-state index in [0.717, 1.165) is 61.3 Å². The van der Waals surface area contributed by atoms with E-state index in [4.69, 9.17) is 4.98 Å². The van der Waals surface area contributed by atoms with Crippen LogP contribution in [-0.2, 0) is 19.4 Å². The van der Waals surface area contributed by atoms with Crippen molar-refractivity contribution in [3.63, 3.8) is 0 Å². The first-order valence-electron chi connectivity index (χ1n) is 10.4. The van der Waals surface area contributed by atoms with Gasteiger partial charge in [-0.1, -0.05) is 13.0 Å². The number of aryl methyl sites for hydroxylation is 2. The fraction of sp³-hybridized carbons (Fsp3) is 0.455. The van der Waals surface area contributed by atoms with Crippen molar-refractivity contribution < 1.29 is 0 Å². The molecule has 0 atom stereocenters. The van der Waals surface area contributed by atoms with Gasteiger partial charge in [0.25, 0.3) is 0 Å². The number of hydrogen-bond acceptors (Lipinski definition) is 6. The van der Waals surface area contributed by atoms with Gasteiger partial charge in [0.15, 0.2) is 5.82 Å². The van der Waals surface area contributed by atoms with Crippen LogP contribution in [0.1, 0.15) is 42.5 Å². The van der Waals surface area contributed by atoms with Crippen molar-refractivity contribution >= 4 is 11.6 Å². The normalized spacial score (nSPS) is 15.5. The molecular weight excluding hydrogens is 362 g/mol. The van der Waals surface area contributed by atoms with Gasteiger partial charge in [0.2, 0.25) is 0 Å². The highest BCUT2D eigenvalue weighted by Crippen LogP contribution is 2.23. The zero-order valence-electron chi connectivity index (χ0n) is 17.2. The SMILES string of the molecule is CCc1ncc(CN2CCC(Cc3cccc(Nc4cc(C)[nH]n4)n3)CC2)cn1. The number of pyridine rings is 1. The lowest BCUT2D eigenvalue weighted by atomic mass is 9.92. The topological polar surface area (TPSA) is 82.6 Å². The van der Waals surface area contributed by atoms with Crippen LogP contribution in [0.25, 0.3) is 0 Å². The molecule has 3 aromatic rings. The summed E-state index contributed by atoms with van der Waals surface area (Å²) in [6.45, 7) is 7.24. The third-order valence-corrected chi connectivity index (χ3v) is 5.45. The zero-order valence-corrected chi connectivity index (χ0v) is 17.2. The van der Waals surface area contributed by atoms with Crippen LogP contribution in [0.2, 0.25) is 0 Å². The molecule has 0 unspecified atom stereocenters. The minimum Gasteiger partial charge on any atom is -0.323 e. The van der Waals surface area contributed by atoms with Gasteiger partial charge < -0.3 is 5.32 Å². The fourth-order valence-corrected chi connectivity index (χ4v) is 3.82. The van der Waals surface area contributed by atoms with Crippen molar-refractivity contribution in [2.24, 2.45) is 5.92 Å². The Kier molecular flexibility index (Phi) is 6.14. The molecule has 0 aromatic carbocycles. The molecule has 1 fully saturated rings. The summed E-state index contributed by atoms with van der Waals surface area (Å²) in [5, 5.41) is 10.4. The lowest BCUT2D eigenvalue weighted by molar-refractivity contribution is 0.176. The van der Waals surface area contributed by atoms with E-state index in [0.29, 0.717) is 5.92 Å². The largest absolute Gasteiger partial charge is 0.323 e. The second-order valence-electron chi connectivity index (χ2n) is 7.86. The Bertz CT molecular complexity index is 911. The highest BCUT2D eigenvalue weighted by atomic mass is 15.2. The first-order valence-corrected chi connectivity index (χ1v) is 10.4. The predicted molar refractivity (Wildman–Crippen MR) is 114 cm³/mol. The number of aromatic nitrogens is 5. The van der Waals surface area contributed by atoms with Crippen LogP contribution in [0, 0.1) is 12.8 Å². The monoisotopic (exact) mass is 391 g/mol. The minimum atomic E-state index is 0.681. The molecule has 0 bridgehead atoms. The number of piperidine rings is 1. The molecule has 4 rings (SSSR count). The van der Waals surface area contributed by atoms with Gasteiger partial charge in [0.1, 0.15) is 11.6 Å². The highest BCUT2D eigenvalue weighted by molar-refractivity contribution is 5.51. The number of likely N-dealkylation sites (tertiary alicyclic amines) is 1. The molecule has 7 nitrogen and oxygen atoms in total. The van der Waals surface area contributed by atoms with Crippen LogP contribution in [0.5, 0.6) is 0 Å². The molecule has 1 aliphatic rings. The first kappa shape index (κ1) is 19.5. The maximum atomic E-state index is 4.78. The van der Waals surface area contributed by atoms with Crippen molar-refractivity contribution in [3.05, 3.63) is 59.4 Å². The molecule has 0 saturated carbocycles. The van der Waals surface area contributed by atoms with Crippen molar-refractivity contribution in [3.8, 4) is 0 Å². The molecule has 0 amide bonds. The van der Waals surface area contributed by atoms with Crippen LogP contribution in [0.3, 0.4) is 0 Å². The molecule has 29 heavy (non-hydrogen) atoms. The molecule has 4 heterocycles. The summed E-state index contributed by atoms with van der Waals surface area (Å²) in [7, 11) is 0. The van der Waals surface area contributed by atoms with Crippen LogP contribution in [0.4, 0.5) is 11.6 Å². The van der Waals surface area contributed by atoms with E-state index in [2.05, 4.69) is 49.4 Å². The lowest BCUT2D eigenvalue weighted by Crippen LogP contribution is -2.34. The number of hydrogen-bond donors (Lipinski definition) is 2. The van der Waals surface area contributed by atoms with Crippen LogP contribution in [0.15, 0.2) is 36.7 Å². The summed E-state index contributed by atoms with van der Waals surface area (Å²) in [6.07, 6.45) is 8.26. The molecule has 1 saturated heterocycles. The Balaban J connectivity index is 1.27. The van der Waals surface area contributed by atoms with E-state index in [1.165, 1.54) is 18.4 Å². The van der Waals surface area contributed by atoms with Gasteiger partial charge in [0, 0.05) is 48.4 Å². The third kappa shape index (κ3) is 5.38. The summed E-state index contributed by atoms with van der Waals surface area (Å²) in [5.41, 5.74) is 3.38. The number of rotatable bonds is 7. The molecular formula is C22H29N7. The second-order valence-corrected chi connectivity index (χ2v) is 7.86. The summed E-state index contributed by atoms with van der Waals surface area (Å²) in [5.74, 6) is 3.25. The molecule has 1 aliphatic heterocycles. The lowest BCUT2D eigenvalue weighted by Gasteiger charge is -2.31. The van der Waals surface area contributed by atoms with E-state index < -0.39 is 0 Å². The standard InChI is InChI=1S/C22H29N7/c1-3-20-23-13-18(14-24-20)15-29-9-7-17(8-10-29)12-19-5-4-6-21(25-19)26-22-11-16(2)27-28-22/h4-6,11,13-14,17H,3,7-10,12,15H2,1-2H3,(H2,25,26,27,28). The van der Waals surface area contributed by atoms with Gasteiger partial charge >= 0.3 is 0 Å². The van der Waals surface area contributed by atoms with Crippen molar-refractivity contribution in [1.29, 1.82) is 0 Å². The fourth-order valence-electron chi connectivity index (χ4n) is 3.82. The van der Waals surface area contributed by atoms with E-state index >= 15 is 0 Å². The van der Waals surface area contributed by atoms with Crippen molar-refractivity contribution in [2.45, 2.75) is 46.1 Å². The summed E-state index contributed by atoms with van der Waals surface area (Å²) >= 11 is 0. The number of aromatic amines is 1. The molecule has 152 valence electrons. The first-order chi connectivity index (χ1) is 14.2. The van der Waals surface area contributed by atoms with Gasteiger partial charge in [-0.05, 0) is 57.3 Å². The number of anilines is 2. The summed E-state index contributed by atoms with van der Waals surface area (Å²) < 4.78 is 0. The average molecular weight is 392 g/mol. The predicted octanol–water partition coefficient (Wildman–Crippen LogP) is 3.66. The Labute approximate surface area is 172 Å². The molecule has 0 aliphatic carbocycles. The van der Waals surface area contributed by atoms with Gasteiger partial charge in [-0.15, -0.1) is 0 Å². The number of nitrogens with one attached hydrogen (secondary N) is 2. The van der Waals surface area contributed by atoms with E-state index in [-0.39, 0.29) is 0 Å². The second kappa shape index (κ2) is 9.13. The average Bonchev–Trinajstić information content (AvgIpc) is 3.15. The quantitative estimate of drug-likeness (QED) is 0.639.